The van der Waals surface area contributed by atoms with E-state index in [0.29, 0.717) is 17.2 Å². The second kappa shape index (κ2) is 14.1. The molecular weight excluding hydrogens is 472 g/mol. The zero-order chi connectivity index (χ0) is 26.5. The molecule has 192 valence electrons. The topological polar surface area (TPSA) is 146 Å². The fourth-order valence-electron chi connectivity index (χ4n) is 2.95. The molecule has 0 aliphatic rings. The van der Waals surface area contributed by atoms with E-state index in [4.69, 9.17) is 14.2 Å². The van der Waals surface area contributed by atoms with Gasteiger partial charge in [-0.15, -0.1) is 0 Å². The van der Waals surface area contributed by atoms with Crippen LogP contribution < -0.4 is 15.4 Å². The third-order valence-corrected chi connectivity index (χ3v) is 4.56. The lowest BCUT2D eigenvalue weighted by Gasteiger charge is -2.24. The van der Waals surface area contributed by atoms with Gasteiger partial charge in [0.2, 0.25) is 12.2 Å². The number of rotatable bonds is 12. The molecule has 0 fully saturated rings. The number of hydrogen-bond acceptors (Lipinski definition) is 9. The molecule has 36 heavy (non-hydrogen) atoms. The Morgan fingerprint density at radius 1 is 0.778 bits per heavy atom. The lowest BCUT2D eigenvalue weighted by molar-refractivity contribution is -0.173. The van der Waals surface area contributed by atoms with Gasteiger partial charge >= 0.3 is 17.9 Å². The van der Waals surface area contributed by atoms with Gasteiger partial charge in [-0.25, -0.2) is 0 Å². The SMILES string of the molecule is COC(=O)CCCNC(=O)[C@H](OC(C)=O)[C@@H](OC(C)=O)C(=O)Nc1ccc(Oc2ccccc2)cc1. The highest BCUT2D eigenvalue weighted by atomic mass is 16.6. The highest BCUT2D eigenvalue weighted by molar-refractivity contribution is 6.00. The molecule has 0 saturated heterocycles. The molecule has 2 N–H and O–H groups in total. The van der Waals surface area contributed by atoms with Gasteiger partial charge in [0.15, 0.2) is 0 Å². The number of carbonyl (C=O) groups is 5. The summed E-state index contributed by atoms with van der Waals surface area (Å²) in [5.41, 5.74) is 0.317. The molecule has 0 spiro atoms. The average Bonchev–Trinajstić information content (AvgIpc) is 2.85. The largest absolute Gasteiger partial charge is 0.469 e. The van der Waals surface area contributed by atoms with E-state index in [1.54, 1.807) is 36.4 Å². The maximum atomic E-state index is 13.0. The van der Waals surface area contributed by atoms with Crippen molar-refractivity contribution in [3.8, 4) is 11.5 Å². The molecule has 11 heteroatoms. The van der Waals surface area contributed by atoms with E-state index >= 15 is 0 Å². The first-order valence-corrected chi connectivity index (χ1v) is 11.0. The van der Waals surface area contributed by atoms with Crippen LogP contribution in [0.25, 0.3) is 0 Å². The van der Waals surface area contributed by atoms with Crippen LogP contribution >= 0.6 is 0 Å². The van der Waals surface area contributed by atoms with E-state index in [-0.39, 0.29) is 19.4 Å². The van der Waals surface area contributed by atoms with Gasteiger partial charge in [-0.05, 0) is 42.8 Å². The van der Waals surface area contributed by atoms with Crippen LogP contribution in [0, 0.1) is 0 Å². The number of esters is 3. The summed E-state index contributed by atoms with van der Waals surface area (Å²) in [4.78, 5) is 60.2. The number of hydrogen-bond donors (Lipinski definition) is 2. The summed E-state index contributed by atoms with van der Waals surface area (Å²) in [6, 6.07) is 15.4. The minimum Gasteiger partial charge on any atom is -0.469 e. The Morgan fingerprint density at radius 3 is 1.89 bits per heavy atom. The average molecular weight is 501 g/mol. The Morgan fingerprint density at radius 2 is 1.33 bits per heavy atom. The van der Waals surface area contributed by atoms with Crippen molar-refractivity contribution in [3.63, 3.8) is 0 Å². The van der Waals surface area contributed by atoms with E-state index in [0.717, 1.165) is 13.8 Å². The first kappa shape index (κ1) is 27.8. The molecular formula is C25H28N2O9. The van der Waals surface area contributed by atoms with Crippen molar-refractivity contribution >= 4 is 35.4 Å². The molecule has 0 aliphatic heterocycles. The van der Waals surface area contributed by atoms with E-state index in [1.807, 2.05) is 18.2 Å². The van der Waals surface area contributed by atoms with Crippen LogP contribution in [0.2, 0.25) is 0 Å². The summed E-state index contributed by atoms with van der Waals surface area (Å²) in [7, 11) is 1.24. The van der Waals surface area contributed by atoms with Crippen molar-refractivity contribution in [3.05, 3.63) is 54.6 Å². The van der Waals surface area contributed by atoms with E-state index in [9.17, 15) is 24.0 Å². The zero-order valence-corrected chi connectivity index (χ0v) is 20.1. The fourth-order valence-corrected chi connectivity index (χ4v) is 2.95. The predicted octanol–water partition coefficient (Wildman–Crippen LogP) is 2.35. The Kier molecular flexibility index (Phi) is 10.9. The first-order chi connectivity index (χ1) is 17.2. The van der Waals surface area contributed by atoms with Crippen LogP contribution in [0.1, 0.15) is 26.7 Å². The third kappa shape index (κ3) is 9.45. The summed E-state index contributed by atoms with van der Waals surface area (Å²) in [5.74, 6) is -2.81. The molecule has 2 amide bonds. The van der Waals surface area contributed by atoms with Crippen LogP contribution in [0.5, 0.6) is 11.5 Å². The summed E-state index contributed by atoms with van der Waals surface area (Å²) in [6.07, 6.45) is -3.24. The second-order valence-electron chi connectivity index (χ2n) is 7.46. The number of nitrogens with one attached hydrogen (secondary N) is 2. The summed E-state index contributed by atoms with van der Waals surface area (Å²) < 4.78 is 20.3. The molecule has 2 aromatic rings. The third-order valence-electron chi connectivity index (χ3n) is 4.56. The maximum absolute atomic E-state index is 13.0. The summed E-state index contributed by atoms with van der Waals surface area (Å²) in [6.45, 7) is 2.13. The van der Waals surface area contributed by atoms with Gasteiger partial charge in [-0.3, -0.25) is 24.0 Å². The molecule has 0 unspecified atom stereocenters. The summed E-state index contributed by atoms with van der Waals surface area (Å²) >= 11 is 0. The molecule has 0 heterocycles. The monoisotopic (exact) mass is 500 g/mol. The molecule has 0 radical (unpaired) electrons. The molecule has 0 aliphatic carbocycles. The predicted molar refractivity (Wildman–Crippen MR) is 127 cm³/mol. The smallest absolute Gasteiger partial charge is 0.305 e. The number of benzene rings is 2. The maximum Gasteiger partial charge on any atom is 0.305 e. The summed E-state index contributed by atoms with van der Waals surface area (Å²) in [5, 5.41) is 4.99. The zero-order valence-electron chi connectivity index (χ0n) is 20.1. The highest BCUT2D eigenvalue weighted by Gasteiger charge is 2.39. The standard InChI is InChI=1S/C25H28N2O9/c1-16(28)34-22(24(31)26-15-7-10-21(30)33-3)23(35-17(2)29)25(32)27-18-11-13-20(14-12-18)36-19-8-5-4-6-9-19/h4-6,8-9,11-14,22-23H,7,10,15H2,1-3H3,(H,26,31)(H,27,32)/t22-,23-/m1/s1. The highest BCUT2D eigenvalue weighted by Crippen LogP contribution is 2.23. The molecule has 0 saturated carbocycles. The van der Waals surface area contributed by atoms with Gasteiger partial charge in [-0.1, -0.05) is 18.2 Å². The molecule has 11 nitrogen and oxygen atoms in total. The van der Waals surface area contributed by atoms with Crippen LogP contribution in [-0.4, -0.2) is 55.6 Å². The number of carbonyl (C=O) groups excluding carboxylic acids is 5. The number of ether oxygens (including phenoxy) is 4. The van der Waals surface area contributed by atoms with Gasteiger partial charge < -0.3 is 29.6 Å². The minimum absolute atomic E-state index is 0.0307. The van der Waals surface area contributed by atoms with Gasteiger partial charge in [0.25, 0.3) is 11.8 Å². The Balaban J connectivity index is 2.10. The van der Waals surface area contributed by atoms with Crippen molar-refractivity contribution in [1.29, 1.82) is 0 Å². The number of anilines is 1. The number of para-hydroxylation sites is 1. The van der Waals surface area contributed by atoms with Gasteiger partial charge in [-0.2, -0.15) is 0 Å². The number of amides is 2. The van der Waals surface area contributed by atoms with Crippen molar-refractivity contribution in [1.82, 2.24) is 5.32 Å². The van der Waals surface area contributed by atoms with Gasteiger partial charge in [0.05, 0.1) is 7.11 Å². The molecule has 0 bridgehead atoms. The Hall–Kier alpha value is -4.41. The molecule has 0 aromatic heterocycles. The molecule has 2 atom stereocenters. The van der Waals surface area contributed by atoms with Crippen molar-refractivity contribution < 1.29 is 42.9 Å². The molecule has 2 aromatic carbocycles. The van der Waals surface area contributed by atoms with Crippen molar-refractivity contribution in [2.75, 3.05) is 19.0 Å². The van der Waals surface area contributed by atoms with Gasteiger partial charge in [0.1, 0.15) is 11.5 Å². The second-order valence-corrected chi connectivity index (χ2v) is 7.46. The van der Waals surface area contributed by atoms with Crippen molar-refractivity contribution in [2.45, 2.75) is 38.9 Å². The van der Waals surface area contributed by atoms with E-state index in [2.05, 4.69) is 15.4 Å². The number of methoxy groups -OCH3 is 1. The van der Waals surface area contributed by atoms with E-state index in [1.165, 1.54) is 7.11 Å². The van der Waals surface area contributed by atoms with Crippen molar-refractivity contribution in [2.24, 2.45) is 0 Å². The Bertz CT molecular complexity index is 1050. The van der Waals surface area contributed by atoms with Crippen LogP contribution in [0.3, 0.4) is 0 Å². The quantitative estimate of drug-likeness (QED) is 0.255. The fraction of sp³-hybridized carbons (Fsp3) is 0.320. The first-order valence-electron chi connectivity index (χ1n) is 11.0. The Labute approximate surface area is 208 Å². The van der Waals surface area contributed by atoms with Crippen LogP contribution in [0.4, 0.5) is 5.69 Å². The molecule has 2 rings (SSSR count). The minimum atomic E-state index is -1.77. The van der Waals surface area contributed by atoms with Crippen LogP contribution in [-0.2, 0) is 38.2 Å². The van der Waals surface area contributed by atoms with Gasteiger partial charge in [0, 0.05) is 32.5 Å². The normalized spacial score (nSPS) is 11.9. The van der Waals surface area contributed by atoms with E-state index < -0.39 is 41.9 Å². The van der Waals surface area contributed by atoms with Crippen LogP contribution in [0.15, 0.2) is 54.6 Å². The lowest BCUT2D eigenvalue weighted by Crippen LogP contribution is -2.51. The lowest BCUT2D eigenvalue weighted by atomic mass is 10.1.